The van der Waals surface area contributed by atoms with E-state index >= 15 is 0 Å². The van der Waals surface area contributed by atoms with Crippen LogP contribution < -0.4 is 5.32 Å². The number of nitrogens with one attached hydrogen (secondary N) is 1. The SMILES string of the molecule is CCCc1nc(C2CSCCN2)sc1C(=O)O. The summed E-state index contributed by atoms with van der Waals surface area (Å²) in [6, 6.07) is 0.224. The molecular formula is C11H16N2O2S2. The maximum Gasteiger partial charge on any atom is 0.347 e. The summed E-state index contributed by atoms with van der Waals surface area (Å²) in [6.45, 7) is 3.01. The van der Waals surface area contributed by atoms with E-state index in [1.165, 1.54) is 11.3 Å². The van der Waals surface area contributed by atoms with Gasteiger partial charge in [-0.1, -0.05) is 13.3 Å². The Morgan fingerprint density at radius 2 is 2.47 bits per heavy atom. The zero-order valence-electron chi connectivity index (χ0n) is 9.73. The van der Waals surface area contributed by atoms with Crippen LogP contribution in [0.25, 0.3) is 0 Å². The second-order valence-corrected chi connectivity index (χ2v) is 6.15. The van der Waals surface area contributed by atoms with Crippen molar-refractivity contribution in [2.45, 2.75) is 25.8 Å². The third-order valence-electron chi connectivity index (χ3n) is 2.61. The number of aryl methyl sites for hydroxylation is 1. The van der Waals surface area contributed by atoms with Crippen molar-refractivity contribution >= 4 is 29.1 Å². The van der Waals surface area contributed by atoms with Gasteiger partial charge in [0, 0.05) is 18.1 Å². The Balaban J connectivity index is 2.22. The zero-order chi connectivity index (χ0) is 12.3. The number of carbonyl (C=O) groups is 1. The number of thiazole rings is 1. The van der Waals surface area contributed by atoms with Gasteiger partial charge in [0.1, 0.15) is 9.88 Å². The highest BCUT2D eigenvalue weighted by atomic mass is 32.2. The fraction of sp³-hybridized carbons (Fsp3) is 0.636. The molecule has 1 fully saturated rings. The molecule has 2 rings (SSSR count). The van der Waals surface area contributed by atoms with Gasteiger partial charge in [-0.15, -0.1) is 11.3 Å². The zero-order valence-corrected chi connectivity index (χ0v) is 11.4. The molecule has 0 aromatic carbocycles. The molecule has 0 radical (unpaired) electrons. The average molecular weight is 272 g/mol. The molecule has 17 heavy (non-hydrogen) atoms. The highest BCUT2D eigenvalue weighted by molar-refractivity contribution is 7.99. The lowest BCUT2D eigenvalue weighted by atomic mass is 10.2. The molecule has 0 spiro atoms. The summed E-state index contributed by atoms with van der Waals surface area (Å²) in [6.07, 6.45) is 1.67. The molecule has 1 aromatic rings. The number of aromatic nitrogens is 1. The third-order valence-corrected chi connectivity index (χ3v) is 4.88. The molecule has 2 heterocycles. The number of aromatic carboxylic acids is 1. The van der Waals surface area contributed by atoms with Crippen molar-refractivity contribution in [3.05, 3.63) is 15.6 Å². The first-order valence-electron chi connectivity index (χ1n) is 5.76. The molecule has 0 aliphatic carbocycles. The van der Waals surface area contributed by atoms with Crippen LogP contribution in [0, 0.1) is 0 Å². The molecule has 1 atom stereocenters. The van der Waals surface area contributed by atoms with Crippen molar-refractivity contribution in [1.82, 2.24) is 10.3 Å². The summed E-state index contributed by atoms with van der Waals surface area (Å²) in [4.78, 5) is 16.1. The summed E-state index contributed by atoms with van der Waals surface area (Å²) in [5.41, 5.74) is 0.748. The summed E-state index contributed by atoms with van der Waals surface area (Å²) in [7, 11) is 0. The smallest absolute Gasteiger partial charge is 0.347 e. The van der Waals surface area contributed by atoms with Crippen LogP contribution in [0.15, 0.2) is 0 Å². The quantitative estimate of drug-likeness (QED) is 0.879. The molecular weight excluding hydrogens is 256 g/mol. The standard InChI is InChI=1S/C11H16N2O2S2/c1-2-3-7-9(11(14)15)17-10(13-7)8-6-16-5-4-12-8/h8,12H,2-6H2,1H3,(H,14,15). The Hall–Kier alpha value is -0.590. The van der Waals surface area contributed by atoms with E-state index in [9.17, 15) is 4.79 Å². The van der Waals surface area contributed by atoms with Gasteiger partial charge < -0.3 is 10.4 Å². The maximum atomic E-state index is 11.1. The van der Waals surface area contributed by atoms with Crippen molar-refractivity contribution in [3.8, 4) is 0 Å². The lowest BCUT2D eigenvalue weighted by molar-refractivity contribution is 0.0700. The molecule has 1 aliphatic heterocycles. The molecule has 1 unspecified atom stereocenters. The first-order valence-corrected chi connectivity index (χ1v) is 7.73. The fourth-order valence-corrected chi connectivity index (χ4v) is 3.89. The molecule has 0 amide bonds. The number of rotatable bonds is 4. The Bertz CT molecular complexity index is 400. The second kappa shape index (κ2) is 5.84. The molecule has 94 valence electrons. The van der Waals surface area contributed by atoms with Gasteiger partial charge in [0.2, 0.25) is 0 Å². The third kappa shape index (κ3) is 3.00. The van der Waals surface area contributed by atoms with Crippen LogP contribution in [-0.2, 0) is 6.42 Å². The van der Waals surface area contributed by atoms with Crippen LogP contribution in [0.4, 0.5) is 0 Å². The number of nitrogens with zero attached hydrogens (tertiary/aromatic N) is 1. The van der Waals surface area contributed by atoms with E-state index in [1.54, 1.807) is 0 Å². The Morgan fingerprint density at radius 1 is 1.65 bits per heavy atom. The number of carboxylic acid groups (broad SMARTS) is 1. The molecule has 0 bridgehead atoms. The molecule has 1 saturated heterocycles. The number of hydrogen-bond acceptors (Lipinski definition) is 5. The minimum Gasteiger partial charge on any atom is -0.477 e. The van der Waals surface area contributed by atoms with E-state index in [1.807, 2.05) is 18.7 Å². The fourth-order valence-electron chi connectivity index (χ4n) is 1.82. The Labute approximate surface area is 109 Å². The predicted octanol–water partition coefficient (Wildman–Crippen LogP) is 2.17. The maximum absolute atomic E-state index is 11.1. The monoisotopic (exact) mass is 272 g/mol. The normalized spacial score (nSPS) is 20.4. The van der Waals surface area contributed by atoms with Crippen molar-refractivity contribution in [2.24, 2.45) is 0 Å². The van der Waals surface area contributed by atoms with E-state index in [4.69, 9.17) is 5.11 Å². The van der Waals surface area contributed by atoms with Crippen LogP contribution in [0.3, 0.4) is 0 Å². The molecule has 6 heteroatoms. The van der Waals surface area contributed by atoms with Gasteiger partial charge in [-0.25, -0.2) is 9.78 Å². The highest BCUT2D eigenvalue weighted by Crippen LogP contribution is 2.28. The number of carboxylic acids is 1. The molecule has 0 saturated carbocycles. The van der Waals surface area contributed by atoms with Gasteiger partial charge in [-0.05, 0) is 6.42 Å². The summed E-state index contributed by atoms with van der Waals surface area (Å²) >= 11 is 3.22. The van der Waals surface area contributed by atoms with Crippen LogP contribution in [-0.4, -0.2) is 34.1 Å². The lowest BCUT2D eigenvalue weighted by Crippen LogP contribution is -2.30. The highest BCUT2D eigenvalue weighted by Gasteiger charge is 2.23. The van der Waals surface area contributed by atoms with Crippen molar-refractivity contribution < 1.29 is 9.90 Å². The molecule has 1 aromatic heterocycles. The van der Waals surface area contributed by atoms with Crippen molar-refractivity contribution in [3.63, 3.8) is 0 Å². The van der Waals surface area contributed by atoms with Crippen LogP contribution in [0.1, 0.15) is 39.8 Å². The molecule has 2 N–H and O–H groups in total. The number of thioether (sulfide) groups is 1. The van der Waals surface area contributed by atoms with Gasteiger partial charge in [-0.2, -0.15) is 11.8 Å². The number of hydrogen-bond donors (Lipinski definition) is 2. The van der Waals surface area contributed by atoms with E-state index < -0.39 is 5.97 Å². The molecule has 1 aliphatic rings. The van der Waals surface area contributed by atoms with E-state index in [-0.39, 0.29) is 6.04 Å². The topological polar surface area (TPSA) is 62.2 Å². The second-order valence-electron chi connectivity index (χ2n) is 3.96. The van der Waals surface area contributed by atoms with Crippen LogP contribution in [0.5, 0.6) is 0 Å². The minimum absolute atomic E-state index is 0.224. The van der Waals surface area contributed by atoms with E-state index in [2.05, 4.69) is 10.3 Å². The minimum atomic E-state index is -0.847. The van der Waals surface area contributed by atoms with Crippen LogP contribution >= 0.6 is 23.1 Å². The Kier molecular flexibility index (Phi) is 4.42. The largest absolute Gasteiger partial charge is 0.477 e. The van der Waals surface area contributed by atoms with Crippen molar-refractivity contribution in [2.75, 3.05) is 18.1 Å². The first kappa shape index (κ1) is 12.9. The summed E-state index contributed by atoms with van der Waals surface area (Å²) in [5, 5.41) is 13.5. The van der Waals surface area contributed by atoms with Gasteiger partial charge in [0.25, 0.3) is 0 Å². The van der Waals surface area contributed by atoms with E-state index in [0.717, 1.165) is 41.6 Å². The van der Waals surface area contributed by atoms with Gasteiger partial charge in [0.05, 0.1) is 11.7 Å². The van der Waals surface area contributed by atoms with Gasteiger partial charge >= 0.3 is 5.97 Å². The summed E-state index contributed by atoms with van der Waals surface area (Å²) < 4.78 is 0. The van der Waals surface area contributed by atoms with Crippen molar-refractivity contribution in [1.29, 1.82) is 0 Å². The average Bonchev–Trinajstić information content (AvgIpc) is 2.75. The van der Waals surface area contributed by atoms with Crippen LogP contribution in [0.2, 0.25) is 0 Å². The van der Waals surface area contributed by atoms with Gasteiger partial charge in [0.15, 0.2) is 0 Å². The lowest BCUT2D eigenvalue weighted by Gasteiger charge is -2.20. The van der Waals surface area contributed by atoms with Gasteiger partial charge in [-0.3, -0.25) is 0 Å². The first-order chi connectivity index (χ1) is 8.22. The Morgan fingerprint density at radius 3 is 3.06 bits per heavy atom. The molecule has 4 nitrogen and oxygen atoms in total. The van der Waals surface area contributed by atoms with E-state index in [0.29, 0.717) is 4.88 Å². The summed E-state index contributed by atoms with van der Waals surface area (Å²) in [5.74, 6) is 1.26. The predicted molar refractivity (Wildman–Crippen MR) is 71.1 cm³/mol.